The summed E-state index contributed by atoms with van der Waals surface area (Å²) >= 11 is 0. The molecule has 0 aromatic carbocycles. The Labute approximate surface area is 131 Å². The second-order valence-corrected chi connectivity index (χ2v) is 8.34. The molecule has 1 N–H and O–H groups in total. The van der Waals surface area contributed by atoms with Crippen LogP contribution in [-0.4, -0.2) is 30.0 Å². The van der Waals surface area contributed by atoms with Crippen molar-refractivity contribution in [1.29, 1.82) is 0 Å². The Morgan fingerprint density at radius 1 is 1.14 bits per heavy atom. The van der Waals surface area contributed by atoms with Gasteiger partial charge in [-0.05, 0) is 31.7 Å². The molecular formula is C15H23N3O3S. The molecule has 0 aliphatic heterocycles. The van der Waals surface area contributed by atoms with E-state index in [-0.39, 0.29) is 23.9 Å². The number of nitrogens with zero attached hydrogens (tertiary/aromatic N) is 2. The summed E-state index contributed by atoms with van der Waals surface area (Å²) in [7, 11) is -3.27. The fourth-order valence-electron chi connectivity index (χ4n) is 3.01. The molecule has 2 aliphatic rings. The van der Waals surface area contributed by atoms with Crippen LogP contribution in [0.15, 0.2) is 16.9 Å². The molecule has 1 aromatic heterocycles. The summed E-state index contributed by atoms with van der Waals surface area (Å²) in [5, 5.41) is 4.06. The van der Waals surface area contributed by atoms with Gasteiger partial charge in [0.1, 0.15) is 0 Å². The zero-order valence-corrected chi connectivity index (χ0v) is 13.5. The van der Waals surface area contributed by atoms with E-state index in [1.165, 1.54) is 10.7 Å². The van der Waals surface area contributed by atoms with Crippen molar-refractivity contribution in [2.75, 3.05) is 6.54 Å². The molecule has 22 heavy (non-hydrogen) atoms. The summed E-state index contributed by atoms with van der Waals surface area (Å²) in [5.74, 6) is 0.478. The fraction of sp³-hybridized carbons (Fsp3) is 0.733. The van der Waals surface area contributed by atoms with Crippen LogP contribution >= 0.6 is 0 Å². The molecule has 0 spiro atoms. The van der Waals surface area contributed by atoms with Gasteiger partial charge in [-0.25, -0.2) is 17.8 Å². The molecule has 6 nitrogen and oxygen atoms in total. The van der Waals surface area contributed by atoms with Crippen LogP contribution in [0.4, 0.5) is 0 Å². The van der Waals surface area contributed by atoms with Crippen LogP contribution in [0, 0.1) is 0 Å². The van der Waals surface area contributed by atoms with E-state index in [1.54, 1.807) is 6.07 Å². The molecule has 0 radical (unpaired) electrons. The molecule has 7 heteroatoms. The molecule has 1 heterocycles. The first-order valence-electron chi connectivity index (χ1n) is 8.13. The van der Waals surface area contributed by atoms with E-state index in [4.69, 9.17) is 0 Å². The van der Waals surface area contributed by atoms with Crippen molar-refractivity contribution < 1.29 is 8.42 Å². The first-order valence-corrected chi connectivity index (χ1v) is 9.67. The molecule has 2 aliphatic carbocycles. The molecule has 1 aromatic rings. The topological polar surface area (TPSA) is 81.1 Å². The molecule has 0 bridgehead atoms. The van der Waals surface area contributed by atoms with Crippen molar-refractivity contribution in [3.8, 4) is 0 Å². The number of sulfonamides is 1. The molecule has 0 amide bonds. The Morgan fingerprint density at radius 3 is 2.55 bits per heavy atom. The van der Waals surface area contributed by atoms with Crippen LogP contribution in [-0.2, 0) is 16.6 Å². The molecule has 0 atom stereocenters. The van der Waals surface area contributed by atoms with E-state index in [1.807, 2.05) is 0 Å². The van der Waals surface area contributed by atoms with Crippen LogP contribution in [0.2, 0.25) is 0 Å². The molecule has 0 saturated heterocycles. The van der Waals surface area contributed by atoms with Gasteiger partial charge >= 0.3 is 0 Å². The van der Waals surface area contributed by atoms with Gasteiger partial charge in [0.15, 0.2) is 0 Å². The lowest BCUT2D eigenvalue weighted by molar-refractivity contribution is 0.473. The maximum Gasteiger partial charge on any atom is 0.266 e. The quantitative estimate of drug-likeness (QED) is 0.856. The average Bonchev–Trinajstić information content (AvgIpc) is 3.35. The van der Waals surface area contributed by atoms with Gasteiger partial charge in [-0.15, -0.1) is 0 Å². The minimum absolute atomic E-state index is 0.179. The van der Waals surface area contributed by atoms with Gasteiger partial charge in [0, 0.05) is 18.5 Å². The van der Waals surface area contributed by atoms with Gasteiger partial charge in [-0.2, -0.15) is 5.10 Å². The predicted octanol–water partition coefficient (Wildman–Crippen LogP) is 1.37. The van der Waals surface area contributed by atoms with Crippen molar-refractivity contribution in [3.05, 3.63) is 28.2 Å². The SMILES string of the molecule is O=c1ccc(C2CC2)nn1CCNS(=O)(=O)C1CCCCC1. The summed E-state index contributed by atoms with van der Waals surface area (Å²) in [6.45, 7) is 0.505. The van der Waals surface area contributed by atoms with E-state index >= 15 is 0 Å². The van der Waals surface area contributed by atoms with Crippen molar-refractivity contribution >= 4 is 10.0 Å². The van der Waals surface area contributed by atoms with Crippen molar-refractivity contribution in [3.63, 3.8) is 0 Å². The number of hydrogen-bond acceptors (Lipinski definition) is 4. The number of nitrogens with one attached hydrogen (secondary N) is 1. The predicted molar refractivity (Wildman–Crippen MR) is 84.3 cm³/mol. The Balaban J connectivity index is 1.58. The summed E-state index contributed by atoms with van der Waals surface area (Å²) in [6, 6.07) is 3.30. The third kappa shape index (κ3) is 3.76. The van der Waals surface area contributed by atoms with Crippen LogP contribution in [0.25, 0.3) is 0 Å². The minimum Gasteiger partial charge on any atom is -0.268 e. The van der Waals surface area contributed by atoms with Gasteiger partial charge in [-0.1, -0.05) is 19.3 Å². The average molecular weight is 325 g/mol. The summed E-state index contributed by atoms with van der Waals surface area (Å²) in [5.41, 5.74) is 0.760. The van der Waals surface area contributed by atoms with E-state index in [0.29, 0.717) is 5.92 Å². The third-order valence-corrected chi connectivity index (χ3v) is 6.46. The fourth-order valence-corrected chi connectivity index (χ4v) is 4.57. The standard InChI is InChI=1S/C15H23N3O3S/c19-15-9-8-14(12-6-7-12)17-18(15)11-10-16-22(20,21)13-4-2-1-3-5-13/h8-9,12-13,16H,1-7,10-11H2. The third-order valence-electron chi connectivity index (χ3n) is 4.50. The number of rotatable bonds is 6. The van der Waals surface area contributed by atoms with E-state index in [9.17, 15) is 13.2 Å². The maximum atomic E-state index is 12.2. The smallest absolute Gasteiger partial charge is 0.266 e. The summed E-state index contributed by atoms with van der Waals surface area (Å²) in [4.78, 5) is 11.8. The lowest BCUT2D eigenvalue weighted by atomic mass is 10.0. The second kappa shape index (κ2) is 6.50. The van der Waals surface area contributed by atoms with Gasteiger partial charge in [0.05, 0.1) is 17.5 Å². The molecule has 2 fully saturated rings. The molecule has 2 saturated carbocycles. The van der Waals surface area contributed by atoms with Crippen molar-refractivity contribution in [1.82, 2.24) is 14.5 Å². The molecule has 3 rings (SSSR count). The zero-order valence-electron chi connectivity index (χ0n) is 12.7. The monoisotopic (exact) mass is 325 g/mol. The van der Waals surface area contributed by atoms with Crippen LogP contribution in [0.3, 0.4) is 0 Å². The lowest BCUT2D eigenvalue weighted by Crippen LogP contribution is -2.38. The lowest BCUT2D eigenvalue weighted by Gasteiger charge is -2.22. The van der Waals surface area contributed by atoms with Crippen LogP contribution in [0.5, 0.6) is 0 Å². The molecule has 122 valence electrons. The Kier molecular flexibility index (Phi) is 4.63. The molecular weight excluding hydrogens is 302 g/mol. The molecule has 0 unspecified atom stereocenters. The zero-order chi connectivity index (χ0) is 15.6. The van der Waals surface area contributed by atoms with Gasteiger partial charge < -0.3 is 0 Å². The van der Waals surface area contributed by atoms with Gasteiger partial charge in [-0.3, -0.25) is 4.79 Å². The first kappa shape index (κ1) is 15.7. The van der Waals surface area contributed by atoms with Crippen LogP contribution < -0.4 is 10.3 Å². The second-order valence-electron chi connectivity index (χ2n) is 6.29. The van der Waals surface area contributed by atoms with E-state index < -0.39 is 10.0 Å². The van der Waals surface area contributed by atoms with Crippen molar-refractivity contribution in [2.24, 2.45) is 0 Å². The Bertz CT molecular complexity index is 674. The van der Waals surface area contributed by atoms with Crippen molar-refractivity contribution in [2.45, 2.75) is 62.7 Å². The Morgan fingerprint density at radius 2 is 1.86 bits per heavy atom. The normalized spacial score (nSPS) is 20.2. The van der Waals surface area contributed by atoms with Gasteiger partial charge in [0.25, 0.3) is 5.56 Å². The number of hydrogen-bond donors (Lipinski definition) is 1. The van der Waals surface area contributed by atoms with E-state index in [0.717, 1.165) is 50.6 Å². The largest absolute Gasteiger partial charge is 0.268 e. The van der Waals surface area contributed by atoms with Gasteiger partial charge in [0.2, 0.25) is 10.0 Å². The maximum absolute atomic E-state index is 12.2. The Hall–Kier alpha value is -1.21. The highest BCUT2D eigenvalue weighted by molar-refractivity contribution is 7.90. The van der Waals surface area contributed by atoms with Crippen LogP contribution in [0.1, 0.15) is 56.6 Å². The first-order chi connectivity index (χ1) is 10.6. The minimum atomic E-state index is -3.27. The summed E-state index contributed by atoms with van der Waals surface area (Å²) < 4.78 is 28.5. The summed E-state index contributed by atoms with van der Waals surface area (Å²) in [6.07, 6.45) is 6.82. The van der Waals surface area contributed by atoms with E-state index in [2.05, 4.69) is 9.82 Å². The highest BCUT2D eigenvalue weighted by Crippen LogP contribution is 2.38. The highest BCUT2D eigenvalue weighted by atomic mass is 32.2. The number of aromatic nitrogens is 2. The highest BCUT2D eigenvalue weighted by Gasteiger charge is 2.27.